The molecule has 0 bridgehead atoms. The van der Waals surface area contributed by atoms with E-state index in [1.807, 2.05) is 57.2 Å². The summed E-state index contributed by atoms with van der Waals surface area (Å²) in [6.45, 7) is 10.8. The van der Waals surface area contributed by atoms with Crippen molar-refractivity contribution in [3.8, 4) is 11.8 Å². The number of rotatable bonds is 6. The van der Waals surface area contributed by atoms with Crippen molar-refractivity contribution >= 4 is 44.6 Å². The lowest BCUT2D eigenvalue weighted by Crippen LogP contribution is -2.57. The zero-order valence-electron chi connectivity index (χ0n) is 34.5. The first-order valence-corrected chi connectivity index (χ1v) is 22.1. The molecule has 3 aliphatic heterocycles. The smallest absolute Gasteiger partial charge is 0.406 e. The minimum Gasteiger partial charge on any atom is -0.477 e. The second-order valence-corrected chi connectivity index (χ2v) is 18.0. The highest BCUT2D eigenvalue weighted by Gasteiger charge is 2.63. The van der Waals surface area contributed by atoms with Crippen molar-refractivity contribution in [2.24, 2.45) is 17.8 Å². The van der Waals surface area contributed by atoms with E-state index in [4.69, 9.17) is 14.5 Å². The van der Waals surface area contributed by atoms with E-state index >= 15 is 0 Å². The predicted octanol–water partition coefficient (Wildman–Crippen LogP) is 6.31. The summed E-state index contributed by atoms with van der Waals surface area (Å²) in [7, 11) is -1.10. The number of amides is 4. The number of fused-ring (bicyclic) bond motifs is 5. The molecule has 2 aliphatic carbocycles. The molecule has 57 heavy (non-hydrogen) atoms. The van der Waals surface area contributed by atoms with Crippen LogP contribution in [0.1, 0.15) is 109 Å². The largest absolute Gasteiger partial charge is 0.477 e. The second-order valence-electron chi connectivity index (χ2n) is 15.9. The molecule has 15 heteroatoms. The molecule has 1 saturated heterocycles. The molecule has 3 N–H and O–H groups in total. The summed E-state index contributed by atoms with van der Waals surface area (Å²) in [4.78, 5) is 58.2. The van der Waals surface area contributed by atoms with Crippen LogP contribution in [0.4, 0.5) is 4.79 Å². The number of benzene rings is 1. The minimum atomic E-state index is -3.93. The number of carbonyl (C=O) groups excluding carboxylic acids is 4. The minimum absolute atomic E-state index is 0. The number of hydrogen-bond acceptors (Lipinski definition) is 10. The Balaban J connectivity index is 0.00000104. The molecule has 1 aromatic carbocycles. The molecular weight excluding hydrogens is 751 g/mol. The van der Waals surface area contributed by atoms with Gasteiger partial charge in [-0.25, -0.2) is 13.2 Å². The first-order chi connectivity index (χ1) is 27.3. The van der Waals surface area contributed by atoms with Gasteiger partial charge in [-0.2, -0.15) is 4.98 Å². The summed E-state index contributed by atoms with van der Waals surface area (Å²) in [6, 6.07) is 7.00. The Morgan fingerprint density at radius 3 is 2.47 bits per heavy atom. The van der Waals surface area contributed by atoms with Crippen LogP contribution in [-0.2, 0) is 35.6 Å². The van der Waals surface area contributed by atoms with Gasteiger partial charge in [0.25, 0.3) is 5.91 Å². The van der Waals surface area contributed by atoms with Crippen molar-refractivity contribution in [1.29, 1.82) is 0 Å². The van der Waals surface area contributed by atoms with Crippen molar-refractivity contribution < 1.29 is 46.1 Å². The van der Waals surface area contributed by atoms with E-state index in [9.17, 15) is 27.6 Å². The number of aromatic nitrogens is 1. The van der Waals surface area contributed by atoms with Gasteiger partial charge >= 0.3 is 6.09 Å². The van der Waals surface area contributed by atoms with Crippen LogP contribution in [0.3, 0.4) is 0 Å². The maximum atomic E-state index is 14.2. The number of carbonyl (C=O) groups is 4. The standard InChI is InChI=1S/C37H48N4O7S.C3H7NO2.C2H6.3H2/c1-4-36(15-16-36)49(45,46)40-35(44)37-21-25(37)11-6-5-10-23(2)18-24(3)19-31(42)41-22-26(20-30(41)32(43)39-37)48-34-29-13-8-7-12-27(29)28-14-9-17-47-33(28)38-34;1-4-3(5)6-2;1-2;;;/h6-8,11-13,23-26,30H,4-5,9-10,14-22H2,1-3H3,(H,39,43)(H,40,44);1-2H3,(H,4,5);1-2H3;3*1H/b11-6-;;;;;/t23-,24-,25-,26-,30+,37-;;;;;/m1...../s1. The van der Waals surface area contributed by atoms with Gasteiger partial charge in [-0.05, 0) is 81.1 Å². The normalized spacial score (nSPS) is 28.3. The van der Waals surface area contributed by atoms with Crippen LogP contribution in [0.2, 0.25) is 0 Å². The van der Waals surface area contributed by atoms with Gasteiger partial charge in [0.05, 0.1) is 25.0 Å². The summed E-state index contributed by atoms with van der Waals surface area (Å²) >= 11 is 0. The maximum Gasteiger partial charge on any atom is 0.406 e. The molecule has 7 rings (SSSR count). The van der Waals surface area contributed by atoms with Crippen LogP contribution < -0.4 is 24.8 Å². The van der Waals surface area contributed by atoms with Crippen LogP contribution in [0.25, 0.3) is 10.8 Å². The van der Waals surface area contributed by atoms with Gasteiger partial charge < -0.3 is 29.7 Å². The Hall–Kier alpha value is -4.40. The van der Waals surface area contributed by atoms with Gasteiger partial charge in [-0.1, -0.05) is 65.0 Å². The molecule has 2 aromatic rings. The highest BCUT2D eigenvalue weighted by Crippen LogP contribution is 2.49. The Bertz CT molecular complexity index is 1940. The quantitative estimate of drug-likeness (QED) is 0.280. The van der Waals surface area contributed by atoms with Gasteiger partial charge in [0.15, 0.2) is 0 Å². The first kappa shape index (κ1) is 43.7. The first-order valence-electron chi connectivity index (χ1n) is 20.6. The molecule has 0 radical (unpaired) electrons. The number of nitrogens with zero attached hydrogens (tertiary/aromatic N) is 2. The summed E-state index contributed by atoms with van der Waals surface area (Å²) in [5, 5.41) is 7.08. The summed E-state index contributed by atoms with van der Waals surface area (Å²) in [6.07, 6.45) is 9.60. The third-order valence-corrected chi connectivity index (χ3v) is 14.1. The van der Waals surface area contributed by atoms with Crippen LogP contribution in [0.15, 0.2) is 36.4 Å². The number of alkyl carbamates (subject to hydrolysis) is 1. The summed E-state index contributed by atoms with van der Waals surface area (Å²) in [5.74, 6) is -0.239. The van der Waals surface area contributed by atoms with Crippen LogP contribution in [-0.4, -0.2) is 91.9 Å². The molecule has 0 unspecified atom stereocenters. The number of sulfonamides is 1. The van der Waals surface area contributed by atoms with Gasteiger partial charge in [0, 0.05) is 41.0 Å². The van der Waals surface area contributed by atoms with Crippen LogP contribution in [0, 0.1) is 17.8 Å². The second kappa shape index (κ2) is 18.5. The number of nitrogens with one attached hydrogen (secondary N) is 3. The predicted molar refractivity (Wildman–Crippen MR) is 223 cm³/mol. The zero-order chi connectivity index (χ0) is 41.5. The highest BCUT2D eigenvalue weighted by atomic mass is 32.2. The Kier molecular flexibility index (Phi) is 14.2. The van der Waals surface area contributed by atoms with E-state index in [-0.39, 0.29) is 47.8 Å². The number of aryl methyl sites for hydroxylation is 1. The van der Waals surface area contributed by atoms with E-state index in [0.29, 0.717) is 43.5 Å². The van der Waals surface area contributed by atoms with Crippen molar-refractivity contribution in [3.63, 3.8) is 0 Å². The van der Waals surface area contributed by atoms with Gasteiger partial charge in [0.1, 0.15) is 17.7 Å². The van der Waals surface area contributed by atoms with Gasteiger partial charge in [0.2, 0.25) is 33.6 Å². The third kappa shape index (κ3) is 9.67. The number of ether oxygens (including phenoxy) is 3. The van der Waals surface area contributed by atoms with Crippen molar-refractivity contribution in [2.75, 3.05) is 27.3 Å². The Labute approximate surface area is 341 Å². The monoisotopic (exact) mass is 817 g/mol. The fourth-order valence-electron chi connectivity index (χ4n) is 8.31. The lowest BCUT2D eigenvalue weighted by Gasteiger charge is -2.28. The fraction of sp³-hybridized carbons (Fsp3) is 0.643. The zero-order valence-corrected chi connectivity index (χ0v) is 35.3. The molecule has 2 saturated carbocycles. The van der Waals surface area contributed by atoms with Gasteiger partial charge in [-0.3, -0.25) is 19.1 Å². The topological polar surface area (TPSA) is 182 Å². The molecule has 6 atom stereocenters. The SMILES string of the molecule is CC.CCC1(S(=O)(=O)NC(=O)[C@@]23C[C@H]2/C=C\CC[C@@H](C)C[C@@H](C)CC(=O)N2C[C@H](Oc4nc5c(c6ccccc46)CCCO5)C[C@H]2C(=O)N3)CC1.CNC(=O)OC.[HH].[HH].[HH]. The number of allylic oxidation sites excluding steroid dienone is 1. The van der Waals surface area contributed by atoms with Crippen molar-refractivity contribution in [1.82, 2.24) is 25.2 Å². The lowest BCUT2D eigenvalue weighted by molar-refractivity contribution is -0.140. The van der Waals surface area contributed by atoms with E-state index in [1.54, 1.807) is 4.90 Å². The lowest BCUT2D eigenvalue weighted by atomic mass is 9.91. The van der Waals surface area contributed by atoms with E-state index in [1.165, 1.54) is 14.2 Å². The summed E-state index contributed by atoms with van der Waals surface area (Å²) < 4.78 is 44.6. The third-order valence-electron chi connectivity index (χ3n) is 11.8. The molecule has 0 spiro atoms. The van der Waals surface area contributed by atoms with Gasteiger partial charge in [-0.15, -0.1) is 0 Å². The molecule has 4 heterocycles. The van der Waals surface area contributed by atoms with E-state index < -0.39 is 50.4 Å². The number of hydrogen-bond donors (Lipinski definition) is 3. The molecule has 320 valence electrons. The number of methoxy groups -OCH3 is 1. The van der Waals surface area contributed by atoms with Crippen molar-refractivity contribution in [2.45, 2.75) is 128 Å². The Morgan fingerprint density at radius 2 is 1.82 bits per heavy atom. The average Bonchev–Trinajstić information content (AvgIpc) is 4.11. The molecule has 5 aliphatic rings. The van der Waals surface area contributed by atoms with E-state index in [2.05, 4.69) is 33.9 Å². The average molecular weight is 818 g/mol. The molecular formula is C42H67N5O9S. The van der Waals surface area contributed by atoms with Crippen LogP contribution >= 0.6 is 0 Å². The van der Waals surface area contributed by atoms with Crippen molar-refractivity contribution in [3.05, 3.63) is 42.0 Å². The highest BCUT2D eigenvalue weighted by molar-refractivity contribution is 7.91. The molecule has 14 nitrogen and oxygen atoms in total. The molecule has 3 fully saturated rings. The maximum absolute atomic E-state index is 14.2. The molecule has 1 aromatic heterocycles. The number of pyridine rings is 1. The fourth-order valence-corrected chi connectivity index (χ4v) is 9.97. The Morgan fingerprint density at radius 1 is 1.11 bits per heavy atom. The summed E-state index contributed by atoms with van der Waals surface area (Å²) in [5.41, 5.74) is -0.360. The molecule has 4 amide bonds. The van der Waals surface area contributed by atoms with Crippen LogP contribution in [0.5, 0.6) is 11.8 Å². The van der Waals surface area contributed by atoms with E-state index in [0.717, 1.165) is 48.4 Å².